The Balaban J connectivity index is 0.00000256. The Bertz CT molecular complexity index is 354. The zero-order valence-corrected chi connectivity index (χ0v) is 12.0. The predicted octanol–water partition coefficient (Wildman–Crippen LogP) is 2.10. The molecule has 1 atom stereocenters. The van der Waals surface area contributed by atoms with Crippen molar-refractivity contribution in [1.82, 2.24) is 0 Å². The number of hydrogen-bond acceptors (Lipinski definition) is 0. The maximum atomic E-state index is 3.99. The maximum absolute atomic E-state index is 3.99. The van der Waals surface area contributed by atoms with Crippen LogP contribution in [0.3, 0.4) is 0 Å². The number of allylic oxidation sites excluding steroid dienone is 1. The molecule has 1 rings (SSSR count). The molecule has 0 fully saturated rings. The standard InChI is InChI=1S/C16H23.Li/c1-6-13(4)10-14(5)16-9-7-8-15(11-16)12(2)3;/h7-9,11,13H,2,6,10H2,1,3-5H3;/q-1;+1. The summed E-state index contributed by atoms with van der Waals surface area (Å²) in [6, 6.07) is 8.70. The molecule has 0 spiro atoms. The molecule has 0 aliphatic carbocycles. The van der Waals surface area contributed by atoms with E-state index in [1.54, 1.807) is 0 Å². The van der Waals surface area contributed by atoms with Crippen molar-refractivity contribution in [3.05, 3.63) is 47.9 Å². The van der Waals surface area contributed by atoms with Crippen molar-refractivity contribution in [3.8, 4) is 0 Å². The first-order chi connectivity index (χ1) is 7.54. The molecule has 0 nitrogen and oxygen atoms in total. The largest absolute Gasteiger partial charge is 1.00 e. The number of hydrogen-bond donors (Lipinski definition) is 0. The third-order valence-electron chi connectivity index (χ3n) is 3.20. The molecule has 0 radical (unpaired) electrons. The van der Waals surface area contributed by atoms with E-state index >= 15 is 0 Å². The summed E-state index contributed by atoms with van der Waals surface area (Å²) in [5.41, 5.74) is 3.75. The van der Waals surface area contributed by atoms with E-state index in [4.69, 9.17) is 0 Å². The first-order valence-corrected chi connectivity index (χ1v) is 6.13. The fourth-order valence-corrected chi connectivity index (χ4v) is 1.84. The zero-order valence-electron chi connectivity index (χ0n) is 12.0. The van der Waals surface area contributed by atoms with Gasteiger partial charge in [-0.25, -0.2) is 0 Å². The van der Waals surface area contributed by atoms with Crippen molar-refractivity contribution >= 4 is 5.57 Å². The summed E-state index contributed by atoms with van der Waals surface area (Å²) >= 11 is 0. The Hall–Kier alpha value is -0.573. The SMILES string of the molecule is C=C(C)c1cccc([C-](C)CC(C)CC)c1.[Li+]. The smallest absolute Gasteiger partial charge is 0.188 e. The van der Waals surface area contributed by atoms with Gasteiger partial charge < -0.3 is 0 Å². The van der Waals surface area contributed by atoms with Crippen molar-refractivity contribution in [2.75, 3.05) is 0 Å². The van der Waals surface area contributed by atoms with E-state index in [0.29, 0.717) is 0 Å². The van der Waals surface area contributed by atoms with Crippen LogP contribution in [0.2, 0.25) is 0 Å². The minimum Gasteiger partial charge on any atom is -0.188 e. The fraction of sp³-hybridized carbons (Fsp3) is 0.438. The summed E-state index contributed by atoms with van der Waals surface area (Å²) in [7, 11) is 0. The molecule has 88 valence electrons. The fourth-order valence-electron chi connectivity index (χ4n) is 1.84. The summed E-state index contributed by atoms with van der Waals surface area (Å²) in [6.45, 7) is 12.9. The molecule has 17 heavy (non-hydrogen) atoms. The molecular formula is C16H23Li. The summed E-state index contributed by atoms with van der Waals surface area (Å²) in [6.07, 6.45) is 2.44. The van der Waals surface area contributed by atoms with E-state index in [1.807, 2.05) is 0 Å². The molecule has 1 aromatic carbocycles. The maximum Gasteiger partial charge on any atom is 1.00 e. The molecule has 0 saturated carbocycles. The van der Waals surface area contributed by atoms with Crippen LogP contribution in [0.4, 0.5) is 0 Å². The van der Waals surface area contributed by atoms with E-state index in [9.17, 15) is 0 Å². The van der Waals surface area contributed by atoms with Crippen molar-refractivity contribution in [2.24, 2.45) is 5.92 Å². The first-order valence-electron chi connectivity index (χ1n) is 6.13. The second-order valence-corrected chi connectivity index (χ2v) is 4.86. The van der Waals surface area contributed by atoms with Gasteiger partial charge in [0, 0.05) is 0 Å². The van der Waals surface area contributed by atoms with E-state index < -0.39 is 0 Å². The van der Waals surface area contributed by atoms with Gasteiger partial charge in [-0.3, -0.25) is 0 Å². The third kappa shape index (κ3) is 5.07. The van der Waals surface area contributed by atoms with Gasteiger partial charge in [0.1, 0.15) is 0 Å². The Morgan fingerprint density at radius 3 is 2.59 bits per heavy atom. The minimum absolute atomic E-state index is 0. The molecule has 0 amide bonds. The van der Waals surface area contributed by atoms with Crippen LogP contribution < -0.4 is 18.9 Å². The Morgan fingerprint density at radius 1 is 1.41 bits per heavy atom. The molecule has 0 aliphatic heterocycles. The minimum atomic E-state index is 0. The molecule has 1 aromatic rings. The predicted molar refractivity (Wildman–Crippen MR) is 73.2 cm³/mol. The summed E-state index contributed by atoms with van der Waals surface area (Å²) in [5, 5.41) is 0. The average Bonchev–Trinajstić information content (AvgIpc) is 2.28. The van der Waals surface area contributed by atoms with Gasteiger partial charge in [0.2, 0.25) is 0 Å². The van der Waals surface area contributed by atoms with Gasteiger partial charge in [0.15, 0.2) is 0 Å². The zero-order chi connectivity index (χ0) is 12.1. The monoisotopic (exact) mass is 222 g/mol. The van der Waals surface area contributed by atoms with Crippen LogP contribution >= 0.6 is 0 Å². The van der Waals surface area contributed by atoms with Gasteiger partial charge in [0.05, 0.1) is 0 Å². The molecule has 0 bridgehead atoms. The van der Waals surface area contributed by atoms with E-state index in [0.717, 1.165) is 11.5 Å². The average molecular weight is 222 g/mol. The van der Waals surface area contributed by atoms with Crippen molar-refractivity contribution < 1.29 is 18.9 Å². The molecule has 0 saturated heterocycles. The van der Waals surface area contributed by atoms with Crippen LogP contribution in [0, 0.1) is 11.8 Å². The van der Waals surface area contributed by atoms with Crippen LogP contribution in [-0.4, -0.2) is 0 Å². The molecule has 1 unspecified atom stereocenters. The number of rotatable bonds is 5. The topological polar surface area (TPSA) is 0 Å². The molecular weight excluding hydrogens is 199 g/mol. The molecule has 0 N–H and O–H groups in total. The van der Waals surface area contributed by atoms with Crippen molar-refractivity contribution in [3.63, 3.8) is 0 Å². The van der Waals surface area contributed by atoms with Crippen LogP contribution in [-0.2, 0) is 0 Å². The van der Waals surface area contributed by atoms with Gasteiger partial charge in [-0.05, 0) is 6.92 Å². The Morgan fingerprint density at radius 2 is 2.06 bits per heavy atom. The molecule has 0 aliphatic rings. The van der Waals surface area contributed by atoms with Crippen LogP contribution in [0.1, 0.15) is 51.7 Å². The second-order valence-electron chi connectivity index (χ2n) is 4.86. The van der Waals surface area contributed by atoms with Gasteiger partial charge in [-0.2, -0.15) is 23.6 Å². The Kier molecular flexibility index (Phi) is 7.44. The van der Waals surface area contributed by atoms with Crippen molar-refractivity contribution in [2.45, 2.75) is 40.5 Å². The van der Waals surface area contributed by atoms with Gasteiger partial charge in [-0.15, -0.1) is 6.07 Å². The van der Waals surface area contributed by atoms with Gasteiger partial charge in [0.25, 0.3) is 0 Å². The quantitative estimate of drug-likeness (QED) is 0.528. The van der Waals surface area contributed by atoms with Crippen LogP contribution in [0.25, 0.3) is 5.57 Å². The van der Waals surface area contributed by atoms with Gasteiger partial charge >= 0.3 is 18.9 Å². The second kappa shape index (κ2) is 7.70. The van der Waals surface area contributed by atoms with E-state index in [-0.39, 0.29) is 18.9 Å². The first kappa shape index (κ1) is 16.4. The van der Waals surface area contributed by atoms with E-state index in [1.165, 1.54) is 29.9 Å². The van der Waals surface area contributed by atoms with Crippen molar-refractivity contribution in [1.29, 1.82) is 0 Å². The third-order valence-corrected chi connectivity index (χ3v) is 3.20. The number of benzene rings is 1. The van der Waals surface area contributed by atoms with Gasteiger partial charge in [-0.1, -0.05) is 63.3 Å². The summed E-state index contributed by atoms with van der Waals surface area (Å²) in [4.78, 5) is 0. The molecule has 0 aromatic heterocycles. The van der Waals surface area contributed by atoms with E-state index in [2.05, 4.69) is 58.5 Å². The molecule has 0 heterocycles. The molecule has 1 heteroatoms. The summed E-state index contributed by atoms with van der Waals surface area (Å²) in [5.74, 6) is 2.26. The van der Waals surface area contributed by atoms with Crippen LogP contribution in [0.5, 0.6) is 0 Å². The normalized spacial score (nSPS) is 11.5. The van der Waals surface area contributed by atoms with Crippen LogP contribution in [0.15, 0.2) is 30.8 Å². The summed E-state index contributed by atoms with van der Waals surface area (Å²) < 4.78 is 0. The Labute approximate surface area is 119 Å².